The summed E-state index contributed by atoms with van der Waals surface area (Å²) in [6.45, 7) is 3.53. The van der Waals surface area contributed by atoms with Crippen LogP contribution in [0.15, 0.2) is 95.1 Å². The van der Waals surface area contributed by atoms with Crippen LogP contribution in [0.1, 0.15) is 25.3 Å². The molecule has 2 unspecified atom stereocenters. The molecule has 0 radical (unpaired) electrons. The van der Waals surface area contributed by atoms with Crippen LogP contribution >= 0.6 is 0 Å². The molecule has 9 heteroatoms. The summed E-state index contributed by atoms with van der Waals surface area (Å²) in [5.41, 5.74) is 0.239. The van der Waals surface area contributed by atoms with E-state index in [9.17, 15) is 19.7 Å². The molecule has 2 heterocycles. The van der Waals surface area contributed by atoms with Crippen LogP contribution in [0, 0.1) is 20.9 Å². The highest BCUT2D eigenvalue weighted by Crippen LogP contribution is 2.79. The molecule has 3 aromatic carbocycles. The van der Waals surface area contributed by atoms with Crippen molar-refractivity contribution in [3.8, 4) is 0 Å². The number of benzene rings is 3. The van der Waals surface area contributed by atoms with E-state index in [1.807, 2.05) is 36.4 Å². The van der Waals surface area contributed by atoms with Gasteiger partial charge in [0.25, 0.3) is 17.5 Å². The van der Waals surface area contributed by atoms with Gasteiger partial charge in [0.05, 0.1) is 27.7 Å². The summed E-state index contributed by atoms with van der Waals surface area (Å²) in [7, 11) is 0. The van der Waals surface area contributed by atoms with Crippen LogP contribution in [-0.4, -0.2) is 28.2 Å². The lowest BCUT2D eigenvalue weighted by atomic mass is 9.85. The van der Waals surface area contributed by atoms with Crippen molar-refractivity contribution in [2.45, 2.75) is 19.8 Å². The van der Waals surface area contributed by atoms with E-state index in [2.05, 4.69) is 10.2 Å². The Morgan fingerprint density at radius 1 is 0.722 bits per heavy atom. The molecule has 2 atom stereocenters. The molecule has 0 aromatic heterocycles. The van der Waals surface area contributed by atoms with Gasteiger partial charge >= 0.3 is 0 Å². The third-order valence-electron chi connectivity index (χ3n) is 7.54. The number of nitro groups is 1. The number of fused-ring (bicyclic) bond motifs is 1. The molecular formula is C27H21N5O4. The maximum absolute atomic E-state index is 14.2. The average Bonchev–Trinajstić information content (AvgIpc) is 3.38. The van der Waals surface area contributed by atoms with E-state index in [0.717, 1.165) is 0 Å². The second-order valence-electron chi connectivity index (χ2n) is 9.17. The number of hydrogen-bond acceptors (Lipinski definition) is 6. The Kier molecular flexibility index (Phi) is 4.50. The van der Waals surface area contributed by atoms with Crippen molar-refractivity contribution in [1.82, 2.24) is 0 Å². The standard InChI is InChI=1S/C27H21N5O4/c1-17-26(24(33)30(28-17)20-9-5-3-6-10-20)23(19-13-15-22(16-14-19)32(35)36)27(26)18(2)29-31(25(27)34)21-11-7-4-8-12-21/h3-16,23H,1-2H3. The molecule has 6 rings (SSSR count). The van der Waals surface area contributed by atoms with Crippen molar-refractivity contribution in [2.75, 3.05) is 10.0 Å². The number of rotatable bonds is 4. The van der Waals surface area contributed by atoms with Crippen LogP contribution < -0.4 is 10.0 Å². The van der Waals surface area contributed by atoms with Gasteiger partial charge in [-0.1, -0.05) is 48.5 Å². The Balaban J connectivity index is 1.52. The Morgan fingerprint density at radius 3 is 1.53 bits per heavy atom. The normalized spacial score (nSPS) is 26.6. The van der Waals surface area contributed by atoms with Crippen molar-refractivity contribution < 1.29 is 14.5 Å². The molecule has 9 nitrogen and oxygen atoms in total. The van der Waals surface area contributed by atoms with Gasteiger partial charge in [-0.15, -0.1) is 0 Å². The molecule has 1 fully saturated rings. The number of non-ortho nitro benzene ring substituents is 1. The van der Waals surface area contributed by atoms with Crippen molar-refractivity contribution in [2.24, 2.45) is 21.0 Å². The summed E-state index contributed by atoms with van der Waals surface area (Å²) in [6, 6.07) is 24.2. The third-order valence-corrected chi connectivity index (χ3v) is 7.54. The Labute approximate surface area is 206 Å². The topological polar surface area (TPSA) is 108 Å². The van der Waals surface area contributed by atoms with E-state index in [4.69, 9.17) is 0 Å². The van der Waals surface area contributed by atoms with E-state index in [-0.39, 0.29) is 17.5 Å². The first-order chi connectivity index (χ1) is 17.3. The van der Waals surface area contributed by atoms with Crippen LogP contribution in [0.2, 0.25) is 0 Å². The highest BCUT2D eigenvalue weighted by molar-refractivity contribution is 6.37. The van der Waals surface area contributed by atoms with Crippen LogP contribution in [0.4, 0.5) is 17.1 Å². The number of carbonyl (C=O) groups excluding carboxylic acids is 2. The lowest BCUT2D eigenvalue weighted by Crippen LogP contribution is -2.40. The largest absolute Gasteiger partial charge is 0.271 e. The molecule has 1 aliphatic carbocycles. The molecule has 0 saturated heterocycles. The number of carbonyl (C=O) groups is 2. The van der Waals surface area contributed by atoms with Crippen LogP contribution in [0.5, 0.6) is 0 Å². The first-order valence-electron chi connectivity index (χ1n) is 11.5. The van der Waals surface area contributed by atoms with E-state index in [1.165, 1.54) is 22.2 Å². The minimum absolute atomic E-state index is 0.0643. The fraction of sp³-hybridized carbons (Fsp3) is 0.185. The average molecular weight is 479 g/mol. The zero-order valence-corrected chi connectivity index (χ0v) is 19.5. The molecule has 0 N–H and O–H groups in total. The molecule has 3 aliphatic rings. The van der Waals surface area contributed by atoms with Gasteiger partial charge in [-0.05, 0) is 43.7 Å². The number of nitro benzene ring substituents is 1. The molecule has 2 spiro atoms. The number of hydrazone groups is 2. The summed E-state index contributed by atoms with van der Waals surface area (Å²) in [4.78, 5) is 39.2. The predicted octanol–water partition coefficient (Wildman–Crippen LogP) is 4.51. The number of amides is 2. The van der Waals surface area contributed by atoms with E-state index in [1.54, 1.807) is 50.2 Å². The van der Waals surface area contributed by atoms with Gasteiger partial charge in [0.1, 0.15) is 10.8 Å². The molecule has 178 valence electrons. The van der Waals surface area contributed by atoms with E-state index < -0.39 is 21.7 Å². The monoisotopic (exact) mass is 479 g/mol. The van der Waals surface area contributed by atoms with E-state index >= 15 is 0 Å². The second kappa shape index (κ2) is 7.42. The van der Waals surface area contributed by atoms with Gasteiger partial charge in [0.15, 0.2) is 0 Å². The third kappa shape index (κ3) is 2.54. The fourth-order valence-electron chi connectivity index (χ4n) is 6.02. The van der Waals surface area contributed by atoms with Crippen molar-refractivity contribution in [3.63, 3.8) is 0 Å². The minimum atomic E-state index is -1.28. The molecule has 1 saturated carbocycles. The van der Waals surface area contributed by atoms with E-state index in [0.29, 0.717) is 28.4 Å². The van der Waals surface area contributed by atoms with Gasteiger partial charge in [-0.25, -0.2) is 0 Å². The van der Waals surface area contributed by atoms with Gasteiger partial charge < -0.3 is 0 Å². The summed E-state index contributed by atoms with van der Waals surface area (Å²) in [6.07, 6.45) is 0. The SMILES string of the molecule is CC1=NN(c2ccccc2)C(=O)C12C(c1ccc([N+](=O)[O-])cc1)C21C(=O)N(c2ccccc2)N=C1C. The first kappa shape index (κ1) is 21.8. The number of para-hydroxylation sites is 2. The summed E-state index contributed by atoms with van der Waals surface area (Å²) < 4.78 is 0. The Hall–Kier alpha value is -4.66. The maximum Gasteiger partial charge on any atom is 0.269 e. The zero-order chi connectivity index (χ0) is 25.2. The smallest absolute Gasteiger partial charge is 0.269 e. The van der Waals surface area contributed by atoms with Crippen LogP contribution in [0.3, 0.4) is 0 Å². The molecule has 0 bridgehead atoms. The Morgan fingerprint density at radius 2 is 1.14 bits per heavy atom. The van der Waals surface area contributed by atoms with Crippen molar-refractivity contribution in [3.05, 3.63) is 101 Å². The van der Waals surface area contributed by atoms with Gasteiger partial charge in [-0.3, -0.25) is 19.7 Å². The fourth-order valence-corrected chi connectivity index (χ4v) is 6.02. The second-order valence-corrected chi connectivity index (χ2v) is 9.17. The number of nitrogens with zero attached hydrogens (tertiary/aromatic N) is 5. The predicted molar refractivity (Wildman–Crippen MR) is 135 cm³/mol. The number of hydrogen-bond donors (Lipinski definition) is 0. The molecule has 2 aliphatic heterocycles. The molecule has 3 aromatic rings. The summed E-state index contributed by atoms with van der Waals surface area (Å²) in [5.74, 6) is -1.24. The van der Waals surface area contributed by atoms with Crippen LogP contribution in [0.25, 0.3) is 0 Å². The molecule has 2 amide bonds. The number of anilines is 2. The quantitative estimate of drug-likeness (QED) is 0.405. The molecular weight excluding hydrogens is 458 g/mol. The van der Waals surface area contributed by atoms with Gasteiger partial charge in [0.2, 0.25) is 0 Å². The van der Waals surface area contributed by atoms with Crippen molar-refractivity contribution in [1.29, 1.82) is 0 Å². The zero-order valence-electron chi connectivity index (χ0n) is 19.5. The maximum atomic E-state index is 14.2. The highest BCUT2D eigenvalue weighted by atomic mass is 16.6. The Bertz CT molecular complexity index is 1400. The van der Waals surface area contributed by atoms with Crippen LogP contribution in [-0.2, 0) is 9.59 Å². The highest BCUT2D eigenvalue weighted by Gasteiger charge is 2.91. The summed E-state index contributed by atoms with van der Waals surface area (Å²) >= 11 is 0. The molecule has 36 heavy (non-hydrogen) atoms. The lowest BCUT2D eigenvalue weighted by Gasteiger charge is -2.18. The lowest BCUT2D eigenvalue weighted by molar-refractivity contribution is -0.384. The van der Waals surface area contributed by atoms with Crippen molar-refractivity contribution >= 4 is 40.3 Å². The minimum Gasteiger partial charge on any atom is -0.271 e. The van der Waals surface area contributed by atoms with Gasteiger partial charge in [0, 0.05) is 18.1 Å². The summed E-state index contributed by atoms with van der Waals surface area (Å²) in [5, 5.41) is 23.2. The van der Waals surface area contributed by atoms with Gasteiger partial charge in [-0.2, -0.15) is 20.2 Å². The first-order valence-corrected chi connectivity index (χ1v) is 11.5.